The molecule has 0 spiro atoms. The quantitative estimate of drug-likeness (QED) is 0.642. The van der Waals surface area contributed by atoms with E-state index < -0.39 is 0 Å². The van der Waals surface area contributed by atoms with E-state index in [-0.39, 0.29) is 10.6 Å². The molecule has 0 amide bonds. The lowest BCUT2D eigenvalue weighted by Gasteiger charge is -2.08. The van der Waals surface area contributed by atoms with Crippen LogP contribution in [-0.4, -0.2) is 17.3 Å². The number of benzene rings is 1. The highest BCUT2D eigenvalue weighted by Crippen LogP contribution is 2.20. The molecule has 1 aliphatic heterocycles. The molecule has 0 unspecified atom stereocenters. The molecule has 0 radical (unpaired) electrons. The van der Waals surface area contributed by atoms with Crippen LogP contribution in [0.2, 0.25) is 0 Å². The van der Waals surface area contributed by atoms with Crippen LogP contribution in [0, 0.1) is 17.0 Å². The van der Waals surface area contributed by atoms with Crippen LogP contribution in [-0.2, 0) is 6.54 Å². The van der Waals surface area contributed by atoms with Gasteiger partial charge in [-0.2, -0.15) is 0 Å². The summed E-state index contributed by atoms with van der Waals surface area (Å²) in [5.74, 6) is 1.01. The average Bonchev–Trinajstić information content (AvgIpc) is 2.80. The van der Waals surface area contributed by atoms with Crippen LogP contribution < -0.4 is 5.32 Å². The Labute approximate surface area is 99.7 Å². The number of rotatable bonds is 3. The summed E-state index contributed by atoms with van der Waals surface area (Å²) in [5.41, 5.74) is 1.86. The standard InChI is InChI=1S/C12H15N3O2/c1-9-10(4-2-5-11(9)15(16)17)8-14-12-6-3-7-13-12/h2,4-5H,3,6-8H2,1H3,(H,13,14). The van der Waals surface area contributed by atoms with E-state index >= 15 is 0 Å². The molecule has 0 bridgehead atoms. The van der Waals surface area contributed by atoms with E-state index in [1.54, 1.807) is 13.0 Å². The van der Waals surface area contributed by atoms with E-state index in [1.165, 1.54) is 6.07 Å². The highest BCUT2D eigenvalue weighted by Gasteiger charge is 2.13. The van der Waals surface area contributed by atoms with Gasteiger partial charge in [-0.1, -0.05) is 12.1 Å². The van der Waals surface area contributed by atoms with Crippen molar-refractivity contribution in [2.75, 3.05) is 6.54 Å². The van der Waals surface area contributed by atoms with E-state index in [4.69, 9.17) is 0 Å². The third-order valence-electron chi connectivity index (χ3n) is 2.97. The Morgan fingerprint density at radius 3 is 3.00 bits per heavy atom. The van der Waals surface area contributed by atoms with Gasteiger partial charge in [0.1, 0.15) is 0 Å². The van der Waals surface area contributed by atoms with Crippen molar-refractivity contribution in [1.29, 1.82) is 0 Å². The largest absolute Gasteiger partial charge is 0.370 e. The minimum absolute atomic E-state index is 0.178. The fraction of sp³-hybridized carbons (Fsp3) is 0.417. The maximum absolute atomic E-state index is 10.8. The number of nitrogens with one attached hydrogen (secondary N) is 1. The zero-order valence-corrected chi connectivity index (χ0v) is 9.77. The molecule has 0 aromatic heterocycles. The SMILES string of the molecule is Cc1c(CNC2=NCCC2)cccc1[N+](=O)[O-]. The monoisotopic (exact) mass is 233 g/mol. The number of hydrogen-bond donors (Lipinski definition) is 1. The van der Waals surface area contributed by atoms with Crippen molar-refractivity contribution in [1.82, 2.24) is 5.32 Å². The molecule has 0 fully saturated rings. The fourth-order valence-electron chi connectivity index (χ4n) is 1.94. The first-order chi connectivity index (χ1) is 8.18. The maximum atomic E-state index is 10.8. The second-order valence-electron chi connectivity index (χ2n) is 4.10. The lowest BCUT2D eigenvalue weighted by atomic mass is 10.1. The molecule has 0 aliphatic carbocycles. The molecule has 0 saturated carbocycles. The second-order valence-corrected chi connectivity index (χ2v) is 4.10. The van der Waals surface area contributed by atoms with E-state index in [1.807, 2.05) is 6.07 Å². The van der Waals surface area contributed by atoms with Gasteiger partial charge in [0.15, 0.2) is 0 Å². The van der Waals surface area contributed by atoms with Crippen LogP contribution in [0.1, 0.15) is 24.0 Å². The smallest absolute Gasteiger partial charge is 0.272 e. The number of nitro benzene ring substituents is 1. The fourth-order valence-corrected chi connectivity index (χ4v) is 1.94. The van der Waals surface area contributed by atoms with Gasteiger partial charge in [0.2, 0.25) is 0 Å². The molecular formula is C12H15N3O2. The molecule has 1 aromatic carbocycles. The zero-order valence-electron chi connectivity index (χ0n) is 9.77. The summed E-state index contributed by atoms with van der Waals surface area (Å²) in [5, 5.41) is 14.0. The summed E-state index contributed by atoms with van der Waals surface area (Å²) in [4.78, 5) is 14.8. The van der Waals surface area contributed by atoms with Crippen molar-refractivity contribution < 1.29 is 4.92 Å². The first-order valence-electron chi connectivity index (χ1n) is 5.68. The van der Waals surface area contributed by atoms with Gasteiger partial charge < -0.3 is 5.32 Å². The zero-order chi connectivity index (χ0) is 12.3. The van der Waals surface area contributed by atoms with Gasteiger partial charge in [-0.15, -0.1) is 0 Å². The molecule has 1 heterocycles. The second kappa shape index (κ2) is 4.95. The molecule has 17 heavy (non-hydrogen) atoms. The number of nitrogens with zero attached hydrogens (tertiary/aromatic N) is 2. The Hall–Kier alpha value is -1.91. The molecule has 1 N–H and O–H groups in total. The third kappa shape index (κ3) is 2.61. The van der Waals surface area contributed by atoms with Crippen molar-refractivity contribution in [2.45, 2.75) is 26.3 Å². The molecule has 0 atom stereocenters. The van der Waals surface area contributed by atoms with Crippen LogP contribution >= 0.6 is 0 Å². The van der Waals surface area contributed by atoms with Crippen LogP contribution in [0.5, 0.6) is 0 Å². The van der Waals surface area contributed by atoms with Gasteiger partial charge in [-0.3, -0.25) is 15.1 Å². The van der Waals surface area contributed by atoms with Gasteiger partial charge in [0, 0.05) is 31.1 Å². The summed E-state index contributed by atoms with van der Waals surface area (Å²) >= 11 is 0. The molecule has 1 aromatic rings. The van der Waals surface area contributed by atoms with Gasteiger partial charge >= 0.3 is 0 Å². The Bertz CT molecular complexity index is 469. The molecule has 5 heteroatoms. The molecule has 5 nitrogen and oxygen atoms in total. The van der Waals surface area contributed by atoms with Crippen LogP contribution in [0.15, 0.2) is 23.2 Å². The minimum atomic E-state index is -0.341. The summed E-state index contributed by atoms with van der Waals surface area (Å²) in [6.07, 6.45) is 2.07. The van der Waals surface area contributed by atoms with Crippen molar-refractivity contribution in [3.8, 4) is 0 Å². The van der Waals surface area contributed by atoms with Crippen molar-refractivity contribution in [2.24, 2.45) is 4.99 Å². The van der Waals surface area contributed by atoms with E-state index in [0.29, 0.717) is 6.54 Å². The predicted molar refractivity (Wildman–Crippen MR) is 66.2 cm³/mol. The lowest BCUT2D eigenvalue weighted by Crippen LogP contribution is -2.21. The van der Waals surface area contributed by atoms with Crippen LogP contribution in [0.4, 0.5) is 5.69 Å². The Morgan fingerprint density at radius 1 is 1.53 bits per heavy atom. The van der Waals surface area contributed by atoms with Gasteiger partial charge in [0.05, 0.1) is 10.8 Å². The maximum Gasteiger partial charge on any atom is 0.272 e. The molecule has 1 aliphatic rings. The van der Waals surface area contributed by atoms with Crippen LogP contribution in [0.3, 0.4) is 0 Å². The topological polar surface area (TPSA) is 67.5 Å². The third-order valence-corrected chi connectivity index (χ3v) is 2.97. The summed E-state index contributed by atoms with van der Waals surface area (Å²) in [6.45, 7) is 3.27. The molecule has 90 valence electrons. The van der Waals surface area contributed by atoms with E-state index in [0.717, 1.165) is 36.3 Å². The molecular weight excluding hydrogens is 218 g/mol. The number of aliphatic imine (C=N–C) groups is 1. The van der Waals surface area contributed by atoms with Gasteiger partial charge in [-0.05, 0) is 18.9 Å². The first-order valence-corrected chi connectivity index (χ1v) is 5.68. The summed E-state index contributed by atoms with van der Waals surface area (Å²) in [7, 11) is 0. The number of nitro groups is 1. The van der Waals surface area contributed by atoms with Gasteiger partial charge in [0.25, 0.3) is 5.69 Å². The highest BCUT2D eigenvalue weighted by molar-refractivity contribution is 5.83. The first kappa shape index (κ1) is 11.6. The van der Waals surface area contributed by atoms with Crippen molar-refractivity contribution in [3.63, 3.8) is 0 Å². The van der Waals surface area contributed by atoms with E-state index in [2.05, 4.69) is 10.3 Å². The summed E-state index contributed by atoms with van der Waals surface area (Å²) in [6, 6.07) is 5.16. The Kier molecular flexibility index (Phi) is 3.37. The number of amidine groups is 1. The normalized spacial score (nSPS) is 14.5. The van der Waals surface area contributed by atoms with Crippen molar-refractivity contribution >= 4 is 11.5 Å². The molecule has 2 rings (SSSR count). The predicted octanol–water partition coefficient (Wildman–Crippen LogP) is 2.19. The minimum Gasteiger partial charge on any atom is -0.370 e. The lowest BCUT2D eigenvalue weighted by molar-refractivity contribution is -0.385. The molecule has 0 saturated heterocycles. The summed E-state index contributed by atoms with van der Waals surface area (Å²) < 4.78 is 0. The highest BCUT2D eigenvalue weighted by atomic mass is 16.6. The van der Waals surface area contributed by atoms with Gasteiger partial charge in [-0.25, -0.2) is 0 Å². The Balaban J connectivity index is 2.10. The van der Waals surface area contributed by atoms with Crippen molar-refractivity contribution in [3.05, 3.63) is 39.4 Å². The van der Waals surface area contributed by atoms with Crippen LogP contribution in [0.25, 0.3) is 0 Å². The van der Waals surface area contributed by atoms with E-state index in [9.17, 15) is 10.1 Å². The average molecular weight is 233 g/mol. The number of hydrogen-bond acceptors (Lipinski definition) is 4. The Morgan fingerprint density at radius 2 is 2.35 bits per heavy atom.